The Bertz CT molecular complexity index is 984. The highest BCUT2D eigenvalue weighted by atomic mass is 35.5. The van der Waals surface area contributed by atoms with E-state index in [0.29, 0.717) is 11.5 Å². The Balaban J connectivity index is 2.01. The van der Waals surface area contributed by atoms with E-state index in [1.165, 1.54) is 0 Å². The highest BCUT2D eigenvalue weighted by molar-refractivity contribution is 7.84. The van der Waals surface area contributed by atoms with Gasteiger partial charge in [0.15, 0.2) is 0 Å². The number of hydrogen-bond donors (Lipinski definition) is 6. The van der Waals surface area contributed by atoms with Gasteiger partial charge < -0.3 is 35.5 Å². The first-order valence-electron chi connectivity index (χ1n) is 11.2. The second-order valence-corrected chi connectivity index (χ2v) is 9.65. The van der Waals surface area contributed by atoms with Crippen molar-refractivity contribution in [1.29, 1.82) is 0 Å². The molecule has 0 saturated heterocycles. The average Bonchev–Trinajstić information content (AvgIpc) is 2.82. The van der Waals surface area contributed by atoms with Crippen LogP contribution in [0.1, 0.15) is 30.5 Å². The molecule has 7 N–H and O–H groups in total. The summed E-state index contributed by atoms with van der Waals surface area (Å²) in [6, 6.07) is 13.7. The molecule has 0 saturated carbocycles. The van der Waals surface area contributed by atoms with Crippen molar-refractivity contribution in [1.82, 2.24) is 5.01 Å². The van der Waals surface area contributed by atoms with Crippen LogP contribution >= 0.6 is 24.2 Å². The van der Waals surface area contributed by atoms with Crippen molar-refractivity contribution in [3.8, 4) is 11.5 Å². The van der Waals surface area contributed by atoms with Crippen LogP contribution < -0.4 is 21.1 Å². The molecule has 0 aromatic heterocycles. The van der Waals surface area contributed by atoms with Gasteiger partial charge in [0.1, 0.15) is 36.9 Å². The number of thiol groups is 1. The molecule has 0 spiro atoms. The molecule has 0 bridgehead atoms. The lowest BCUT2D eigenvalue weighted by atomic mass is 9.77. The molecule has 10 heteroatoms. The summed E-state index contributed by atoms with van der Waals surface area (Å²) in [6.07, 6.45) is -1.61. The number of ether oxygens (including phenoxy) is 2. The molecule has 0 aliphatic carbocycles. The lowest BCUT2D eigenvalue weighted by molar-refractivity contribution is 0.0744. The fourth-order valence-corrected chi connectivity index (χ4v) is 3.75. The van der Waals surface area contributed by atoms with E-state index in [2.05, 4.69) is 32.5 Å². The minimum Gasteiger partial charge on any atom is -0.491 e. The van der Waals surface area contributed by atoms with E-state index < -0.39 is 12.2 Å². The van der Waals surface area contributed by atoms with Crippen LogP contribution in [-0.2, 0) is 5.41 Å². The summed E-state index contributed by atoms with van der Waals surface area (Å²) in [5.41, 5.74) is 8.67. The average molecular weight is 526 g/mol. The fourth-order valence-electron chi connectivity index (χ4n) is 3.47. The molecule has 0 aliphatic rings. The largest absolute Gasteiger partial charge is 0.491 e. The van der Waals surface area contributed by atoms with Gasteiger partial charge in [0, 0.05) is 5.41 Å². The molecule has 2 aromatic carbocycles. The molecule has 2 unspecified atom stereocenters. The van der Waals surface area contributed by atoms with E-state index in [1.807, 2.05) is 43.3 Å². The van der Waals surface area contributed by atoms with Crippen LogP contribution in [0.25, 0.3) is 0 Å². The Morgan fingerprint density at radius 3 is 2.20 bits per heavy atom. The van der Waals surface area contributed by atoms with E-state index in [-0.39, 0.29) is 48.4 Å². The van der Waals surface area contributed by atoms with Crippen molar-refractivity contribution in [2.75, 3.05) is 32.2 Å². The molecule has 0 amide bonds. The SMILES string of the molecule is Cc1cc(C(C)(C)c2ccc(OCC(O)CN(N)/C(CO)=C(\N)S)cc2)ccc1OCC(O)CCl. The molecule has 0 fully saturated rings. The van der Waals surface area contributed by atoms with Gasteiger partial charge in [-0.15, -0.1) is 24.2 Å². The summed E-state index contributed by atoms with van der Waals surface area (Å²) < 4.78 is 11.4. The Morgan fingerprint density at radius 2 is 1.66 bits per heavy atom. The third-order valence-corrected chi connectivity index (χ3v) is 6.34. The Kier molecular flexibility index (Phi) is 11.0. The standard InChI is InChI=1S/C25H36ClN3O5S/c1-16-10-18(6-9-23(16)34-14-19(31)11-26)25(2,3)17-4-7-21(8-5-17)33-15-20(32)12-29(28)22(13-30)24(27)35/h4-10,19-20,30-32,35H,11-15,27-28H2,1-3H3/b24-22+. The van der Waals surface area contributed by atoms with E-state index in [1.54, 1.807) is 0 Å². The van der Waals surface area contributed by atoms with Gasteiger partial charge in [-0.3, -0.25) is 0 Å². The monoisotopic (exact) mass is 525 g/mol. The van der Waals surface area contributed by atoms with Crippen molar-refractivity contribution in [3.63, 3.8) is 0 Å². The number of benzene rings is 2. The molecule has 0 heterocycles. The molecule has 2 rings (SSSR count). The molecule has 0 aliphatic heterocycles. The number of halogens is 1. The van der Waals surface area contributed by atoms with Gasteiger partial charge in [-0.25, -0.2) is 5.84 Å². The molecular formula is C25H36ClN3O5S. The van der Waals surface area contributed by atoms with Gasteiger partial charge in [-0.2, -0.15) is 0 Å². The maximum Gasteiger partial charge on any atom is 0.122 e. The zero-order chi connectivity index (χ0) is 26.2. The van der Waals surface area contributed by atoms with Gasteiger partial charge in [-0.05, 0) is 41.8 Å². The van der Waals surface area contributed by atoms with Crippen molar-refractivity contribution in [3.05, 3.63) is 69.9 Å². The van der Waals surface area contributed by atoms with Gasteiger partial charge in [-0.1, -0.05) is 38.1 Å². The Hall–Kier alpha value is -2.14. The van der Waals surface area contributed by atoms with Crippen LogP contribution in [0.15, 0.2) is 53.2 Å². The predicted molar refractivity (Wildman–Crippen MR) is 142 cm³/mol. The number of alkyl halides is 1. The Morgan fingerprint density at radius 1 is 1.06 bits per heavy atom. The zero-order valence-corrected chi connectivity index (χ0v) is 22.0. The molecule has 194 valence electrons. The van der Waals surface area contributed by atoms with E-state index in [4.69, 9.17) is 32.7 Å². The van der Waals surface area contributed by atoms with Crippen LogP contribution in [0.2, 0.25) is 0 Å². The third-order valence-electron chi connectivity index (χ3n) is 5.72. The van der Waals surface area contributed by atoms with E-state index in [0.717, 1.165) is 21.7 Å². The van der Waals surface area contributed by atoms with Crippen molar-refractivity contribution < 1.29 is 24.8 Å². The van der Waals surface area contributed by atoms with Gasteiger partial charge >= 0.3 is 0 Å². The van der Waals surface area contributed by atoms with Gasteiger partial charge in [0.2, 0.25) is 0 Å². The quantitative estimate of drug-likeness (QED) is 0.101. The summed E-state index contributed by atoms with van der Waals surface area (Å²) in [4.78, 5) is 0. The third kappa shape index (κ3) is 8.20. The molecule has 2 atom stereocenters. The van der Waals surface area contributed by atoms with Crippen LogP contribution in [0.3, 0.4) is 0 Å². The number of rotatable bonds is 13. The Labute approximate surface area is 217 Å². The van der Waals surface area contributed by atoms with Gasteiger partial charge in [0.25, 0.3) is 0 Å². The van der Waals surface area contributed by atoms with Gasteiger partial charge in [0.05, 0.1) is 29.8 Å². The molecule has 35 heavy (non-hydrogen) atoms. The van der Waals surface area contributed by atoms with E-state index >= 15 is 0 Å². The number of hydrogen-bond acceptors (Lipinski definition) is 9. The number of aryl methyl sites for hydroxylation is 1. The normalized spacial score (nSPS) is 14.2. The first kappa shape index (κ1) is 29.1. The fraction of sp³-hybridized carbons (Fsp3) is 0.440. The number of nitrogens with two attached hydrogens (primary N) is 2. The molecule has 0 radical (unpaired) electrons. The van der Waals surface area contributed by atoms with Crippen molar-refractivity contribution in [2.45, 2.75) is 38.4 Å². The lowest BCUT2D eigenvalue weighted by Gasteiger charge is -2.27. The van der Waals surface area contributed by atoms with Crippen LogP contribution in [0.4, 0.5) is 0 Å². The summed E-state index contributed by atoms with van der Waals surface area (Å²) in [7, 11) is 0. The topological polar surface area (TPSA) is 134 Å². The highest BCUT2D eigenvalue weighted by Gasteiger charge is 2.24. The predicted octanol–water partition coefficient (Wildman–Crippen LogP) is 2.26. The van der Waals surface area contributed by atoms with Crippen LogP contribution in [0, 0.1) is 6.92 Å². The minimum absolute atomic E-state index is 0.0146. The van der Waals surface area contributed by atoms with Crippen LogP contribution in [0.5, 0.6) is 11.5 Å². The minimum atomic E-state index is -0.903. The second-order valence-electron chi connectivity index (χ2n) is 8.86. The van der Waals surface area contributed by atoms with Crippen molar-refractivity contribution >= 4 is 24.2 Å². The number of hydrazine groups is 1. The molecular weight excluding hydrogens is 490 g/mol. The second kappa shape index (κ2) is 13.2. The first-order valence-corrected chi connectivity index (χ1v) is 12.2. The summed E-state index contributed by atoms with van der Waals surface area (Å²) in [5, 5.41) is 30.4. The maximum atomic E-state index is 10.2. The van der Waals surface area contributed by atoms with Crippen molar-refractivity contribution in [2.24, 2.45) is 11.6 Å². The summed E-state index contributed by atoms with van der Waals surface area (Å²) in [6.45, 7) is 6.03. The maximum absolute atomic E-state index is 10.2. The summed E-state index contributed by atoms with van der Waals surface area (Å²) in [5.74, 6) is 7.27. The molecule has 2 aromatic rings. The lowest BCUT2D eigenvalue weighted by Crippen LogP contribution is -2.41. The zero-order valence-electron chi connectivity index (χ0n) is 20.3. The number of nitrogens with zero attached hydrogens (tertiary/aromatic N) is 1. The van der Waals surface area contributed by atoms with E-state index in [9.17, 15) is 15.3 Å². The highest BCUT2D eigenvalue weighted by Crippen LogP contribution is 2.34. The number of aliphatic hydroxyl groups is 3. The summed E-state index contributed by atoms with van der Waals surface area (Å²) >= 11 is 9.61. The number of aliphatic hydroxyl groups excluding tert-OH is 3. The first-order chi connectivity index (χ1) is 16.5. The molecule has 8 nitrogen and oxygen atoms in total. The van der Waals surface area contributed by atoms with Crippen LogP contribution in [-0.4, -0.2) is 64.8 Å². The smallest absolute Gasteiger partial charge is 0.122 e.